The monoisotopic (exact) mass is 278 g/mol. The SMILES string of the molecule is CC1c2ccsc2CCN1CC(C)(C)CNC1CC1. The lowest BCUT2D eigenvalue weighted by Gasteiger charge is -2.39. The fourth-order valence-electron chi connectivity index (χ4n) is 3.09. The molecule has 0 amide bonds. The minimum absolute atomic E-state index is 0.365. The molecular weight excluding hydrogens is 252 g/mol. The highest BCUT2D eigenvalue weighted by atomic mass is 32.1. The molecule has 0 saturated heterocycles. The normalized spacial score (nSPS) is 24.5. The highest BCUT2D eigenvalue weighted by Gasteiger charge is 2.31. The van der Waals surface area contributed by atoms with Crippen LogP contribution in [-0.4, -0.2) is 30.6 Å². The number of nitrogens with one attached hydrogen (secondary N) is 1. The molecule has 2 nitrogen and oxygen atoms in total. The van der Waals surface area contributed by atoms with Crippen LogP contribution >= 0.6 is 11.3 Å². The van der Waals surface area contributed by atoms with Crippen molar-refractivity contribution < 1.29 is 0 Å². The molecule has 1 aliphatic carbocycles. The first-order valence-electron chi connectivity index (χ1n) is 7.59. The molecule has 1 unspecified atom stereocenters. The molecule has 3 rings (SSSR count). The van der Waals surface area contributed by atoms with Crippen LogP contribution < -0.4 is 5.32 Å². The number of rotatable bonds is 5. The number of fused-ring (bicyclic) bond motifs is 1. The molecule has 19 heavy (non-hydrogen) atoms. The zero-order valence-electron chi connectivity index (χ0n) is 12.4. The van der Waals surface area contributed by atoms with Crippen molar-refractivity contribution in [1.29, 1.82) is 0 Å². The van der Waals surface area contributed by atoms with Crippen molar-refractivity contribution in [2.24, 2.45) is 5.41 Å². The van der Waals surface area contributed by atoms with Gasteiger partial charge in [0.25, 0.3) is 0 Å². The Morgan fingerprint density at radius 1 is 1.42 bits per heavy atom. The van der Waals surface area contributed by atoms with E-state index in [9.17, 15) is 0 Å². The van der Waals surface area contributed by atoms with Crippen LogP contribution in [0.3, 0.4) is 0 Å². The number of nitrogens with zero attached hydrogens (tertiary/aromatic N) is 1. The van der Waals surface area contributed by atoms with Crippen molar-refractivity contribution >= 4 is 11.3 Å². The fourth-order valence-corrected chi connectivity index (χ4v) is 4.05. The van der Waals surface area contributed by atoms with Crippen molar-refractivity contribution in [2.45, 2.75) is 52.1 Å². The van der Waals surface area contributed by atoms with Gasteiger partial charge >= 0.3 is 0 Å². The standard InChI is InChI=1S/C16H26N2S/c1-12-14-7-9-19-15(14)6-8-18(12)11-16(2,3)10-17-13-4-5-13/h7,9,12-13,17H,4-6,8,10-11H2,1-3H3. The van der Waals surface area contributed by atoms with Crippen molar-refractivity contribution in [2.75, 3.05) is 19.6 Å². The van der Waals surface area contributed by atoms with Crippen LogP contribution in [0.15, 0.2) is 11.4 Å². The lowest BCUT2D eigenvalue weighted by Crippen LogP contribution is -2.44. The maximum atomic E-state index is 3.69. The lowest BCUT2D eigenvalue weighted by molar-refractivity contribution is 0.128. The Labute approximate surface area is 121 Å². The summed E-state index contributed by atoms with van der Waals surface area (Å²) in [5.74, 6) is 0. The Morgan fingerprint density at radius 2 is 2.21 bits per heavy atom. The topological polar surface area (TPSA) is 15.3 Å². The van der Waals surface area contributed by atoms with Gasteiger partial charge in [-0.25, -0.2) is 0 Å². The maximum absolute atomic E-state index is 3.69. The van der Waals surface area contributed by atoms with Crippen LogP contribution in [0.2, 0.25) is 0 Å². The summed E-state index contributed by atoms with van der Waals surface area (Å²) >= 11 is 1.93. The molecule has 1 fully saturated rings. The largest absolute Gasteiger partial charge is 0.313 e. The zero-order valence-corrected chi connectivity index (χ0v) is 13.2. The van der Waals surface area contributed by atoms with Gasteiger partial charge < -0.3 is 5.32 Å². The van der Waals surface area contributed by atoms with Gasteiger partial charge in [0, 0.05) is 36.6 Å². The molecule has 2 aliphatic rings. The van der Waals surface area contributed by atoms with Crippen molar-refractivity contribution in [3.8, 4) is 0 Å². The third-order valence-corrected chi connectivity index (χ3v) is 5.48. The van der Waals surface area contributed by atoms with Crippen molar-refractivity contribution in [1.82, 2.24) is 10.2 Å². The summed E-state index contributed by atoms with van der Waals surface area (Å²) in [4.78, 5) is 4.28. The molecule has 1 saturated carbocycles. The molecule has 1 aromatic rings. The summed E-state index contributed by atoms with van der Waals surface area (Å²) in [6.45, 7) is 10.7. The molecule has 1 N–H and O–H groups in total. The van der Waals surface area contributed by atoms with Gasteiger partial charge in [0.05, 0.1) is 0 Å². The van der Waals surface area contributed by atoms with E-state index in [1.54, 1.807) is 10.4 Å². The predicted octanol–water partition coefficient (Wildman–Crippen LogP) is 3.45. The predicted molar refractivity (Wildman–Crippen MR) is 82.8 cm³/mol. The van der Waals surface area contributed by atoms with Crippen molar-refractivity contribution in [3.05, 3.63) is 21.9 Å². The first-order valence-corrected chi connectivity index (χ1v) is 8.47. The number of hydrogen-bond donors (Lipinski definition) is 1. The minimum atomic E-state index is 0.365. The number of hydrogen-bond acceptors (Lipinski definition) is 3. The minimum Gasteiger partial charge on any atom is -0.313 e. The summed E-state index contributed by atoms with van der Waals surface area (Å²) in [6.07, 6.45) is 4.01. The molecule has 0 bridgehead atoms. The third kappa shape index (κ3) is 3.21. The first kappa shape index (κ1) is 13.6. The van der Waals surface area contributed by atoms with E-state index in [2.05, 4.69) is 42.4 Å². The van der Waals surface area contributed by atoms with Crippen LogP contribution in [0.1, 0.15) is 50.1 Å². The molecular formula is C16H26N2S. The maximum Gasteiger partial charge on any atom is 0.0331 e. The van der Waals surface area contributed by atoms with Gasteiger partial charge in [-0.05, 0) is 48.6 Å². The average Bonchev–Trinajstić information content (AvgIpc) is 3.07. The lowest BCUT2D eigenvalue weighted by atomic mass is 9.90. The number of thiophene rings is 1. The van der Waals surface area contributed by atoms with Gasteiger partial charge in [0.2, 0.25) is 0 Å². The van der Waals surface area contributed by atoms with Crippen molar-refractivity contribution in [3.63, 3.8) is 0 Å². The van der Waals surface area contributed by atoms with E-state index in [1.165, 1.54) is 32.4 Å². The second-order valence-corrected chi connectivity index (χ2v) is 8.02. The Kier molecular flexibility index (Phi) is 3.71. The third-order valence-electron chi connectivity index (χ3n) is 4.48. The summed E-state index contributed by atoms with van der Waals surface area (Å²) in [6, 6.07) is 3.74. The van der Waals surface area contributed by atoms with Crippen LogP contribution in [0.5, 0.6) is 0 Å². The first-order chi connectivity index (χ1) is 9.05. The molecule has 106 valence electrons. The van der Waals surface area contributed by atoms with E-state index >= 15 is 0 Å². The van der Waals surface area contributed by atoms with Gasteiger partial charge in [-0.2, -0.15) is 0 Å². The summed E-state index contributed by atoms with van der Waals surface area (Å²) in [7, 11) is 0. The van der Waals surface area contributed by atoms with Crippen LogP contribution in [0.25, 0.3) is 0 Å². The second kappa shape index (κ2) is 5.19. The van der Waals surface area contributed by atoms with E-state index in [4.69, 9.17) is 0 Å². The Morgan fingerprint density at radius 3 is 2.95 bits per heavy atom. The van der Waals surface area contributed by atoms with Crippen LogP contribution in [-0.2, 0) is 6.42 Å². The smallest absolute Gasteiger partial charge is 0.0331 e. The molecule has 0 aromatic carbocycles. The van der Waals surface area contributed by atoms with E-state index in [1.807, 2.05) is 11.3 Å². The van der Waals surface area contributed by atoms with E-state index < -0.39 is 0 Å². The molecule has 0 spiro atoms. The van der Waals surface area contributed by atoms with E-state index in [0.717, 1.165) is 12.6 Å². The Hall–Kier alpha value is -0.380. The Bertz CT molecular complexity index is 434. The zero-order chi connectivity index (χ0) is 13.5. The molecule has 2 heterocycles. The molecule has 3 heteroatoms. The average molecular weight is 278 g/mol. The van der Waals surface area contributed by atoms with E-state index in [-0.39, 0.29) is 0 Å². The van der Waals surface area contributed by atoms with Gasteiger partial charge in [-0.15, -0.1) is 11.3 Å². The molecule has 1 atom stereocenters. The molecule has 0 radical (unpaired) electrons. The highest BCUT2D eigenvalue weighted by molar-refractivity contribution is 7.10. The van der Waals surface area contributed by atoms with Crippen LogP contribution in [0, 0.1) is 5.41 Å². The summed E-state index contributed by atoms with van der Waals surface area (Å²) < 4.78 is 0. The quantitative estimate of drug-likeness (QED) is 0.887. The summed E-state index contributed by atoms with van der Waals surface area (Å²) in [5, 5.41) is 5.95. The van der Waals surface area contributed by atoms with Gasteiger partial charge in [0.15, 0.2) is 0 Å². The van der Waals surface area contributed by atoms with Gasteiger partial charge in [0.1, 0.15) is 0 Å². The Balaban J connectivity index is 1.60. The second-order valence-electron chi connectivity index (χ2n) is 7.01. The molecule has 1 aliphatic heterocycles. The van der Waals surface area contributed by atoms with E-state index in [0.29, 0.717) is 11.5 Å². The van der Waals surface area contributed by atoms with Gasteiger partial charge in [-0.1, -0.05) is 13.8 Å². The molecule has 1 aromatic heterocycles. The summed E-state index contributed by atoms with van der Waals surface area (Å²) in [5.41, 5.74) is 1.94. The highest BCUT2D eigenvalue weighted by Crippen LogP contribution is 2.34. The fraction of sp³-hybridized carbons (Fsp3) is 0.750. The van der Waals surface area contributed by atoms with Crippen LogP contribution in [0.4, 0.5) is 0 Å². The van der Waals surface area contributed by atoms with Gasteiger partial charge in [-0.3, -0.25) is 4.90 Å².